The molecule has 1 N–H and O–H groups in total. The summed E-state index contributed by atoms with van der Waals surface area (Å²) in [5.41, 5.74) is 5.41. The van der Waals surface area contributed by atoms with Crippen molar-refractivity contribution in [2.45, 2.75) is 34.2 Å². The molecule has 2 rings (SSSR count). The lowest BCUT2D eigenvalue weighted by atomic mass is 10.1. The molecule has 1 aromatic heterocycles. The molecule has 0 saturated heterocycles. The fraction of sp³-hybridized carbons (Fsp3) is 0.294. The van der Waals surface area contributed by atoms with Gasteiger partial charge in [-0.05, 0) is 44.0 Å². The average molecular weight is 269 g/mol. The monoisotopic (exact) mass is 269 g/mol. The topological polar surface area (TPSA) is 33.0 Å². The molecule has 0 spiro atoms. The van der Waals surface area contributed by atoms with E-state index in [1.54, 1.807) is 0 Å². The second-order valence-corrected chi connectivity index (χ2v) is 5.27. The van der Waals surface area contributed by atoms with Crippen molar-refractivity contribution in [2.24, 2.45) is 0 Å². The molecule has 1 heterocycles. The molecule has 0 unspecified atom stereocenters. The van der Waals surface area contributed by atoms with Crippen molar-refractivity contribution in [1.29, 1.82) is 0 Å². The van der Waals surface area contributed by atoms with Crippen LogP contribution in [-0.2, 0) is 11.3 Å². The lowest BCUT2D eigenvalue weighted by Crippen LogP contribution is -2.43. The Bertz CT molecular complexity index is 641. The molecule has 20 heavy (non-hydrogen) atoms. The summed E-state index contributed by atoms with van der Waals surface area (Å²) in [6.07, 6.45) is 1.94. The van der Waals surface area contributed by atoms with Crippen LogP contribution < -0.4 is 9.88 Å². The lowest BCUT2D eigenvalue weighted by Gasteiger charge is -2.08. The van der Waals surface area contributed by atoms with Gasteiger partial charge in [0.25, 0.3) is 5.91 Å². The number of aromatic nitrogens is 1. The maximum atomic E-state index is 12.2. The number of hydrogen-bond donors (Lipinski definition) is 1. The molecule has 0 aliphatic carbocycles. The highest BCUT2D eigenvalue weighted by Crippen LogP contribution is 2.16. The van der Waals surface area contributed by atoms with E-state index in [1.807, 2.05) is 55.8 Å². The summed E-state index contributed by atoms with van der Waals surface area (Å²) in [6, 6.07) is 10.1. The molecule has 1 amide bonds. The van der Waals surface area contributed by atoms with E-state index in [9.17, 15) is 4.79 Å². The van der Waals surface area contributed by atoms with Crippen molar-refractivity contribution in [2.75, 3.05) is 5.32 Å². The van der Waals surface area contributed by atoms with Crippen LogP contribution in [-0.4, -0.2) is 5.91 Å². The number of benzene rings is 1. The Morgan fingerprint density at radius 3 is 2.60 bits per heavy atom. The third kappa shape index (κ3) is 3.23. The molecule has 3 heteroatoms. The minimum atomic E-state index is -0.00241. The molecule has 3 nitrogen and oxygen atoms in total. The van der Waals surface area contributed by atoms with Crippen LogP contribution in [0.25, 0.3) is 0 Å². The minimum Gasteiger partial charge on any atom is -0.320 e. The molecular weight excluding hydrogens is 248 g/mol. The zero-order valence-corrected chi connectivity index (χ0v) is 12.5. The van der Waals surface area contributed by atoms with Gasteiger partial charge in [0, 0.05) is 24.2 Å². The lowest BCUT2D eigenvalue weighted by molar-refractivity contribution is -0.690. The molecule has 1 aromatic carbocycles. The Morgan fingerprint density at radius 1 is 1.10 bits per heavy atom. The van der Waals surface area contributed by atoms with Crippen LogP contribution in [0.1, 0.15) is 22.4 Å². The van der Waals surface area contributed by atoms with E-state index in [-0.39, 0.29) is 5.91 Å². The zero-order valence-electron chi connectivity index (χ0n) is 12.5. The first kappa shape index (κ1) is 14.3. The van der Waals surface area contributed by atoms with Crippen molar-refractivity contribution in [3.8, 4) is 0 Å². The Labute approximate surface area is 120 Å². The molecule has 0 aliphatic heterocycles. The van der Waals surface area contributed by atoms with Crippen LogP contribution in [0.3, 0.4) is 0 Å². The van der Waals surface area contributed by atoms with Gasteiger partial charge in [-0.25, -0.2) is 0 Å². The number of hydrogen-bond acceptors (Lipinski definition) is 1. The third-order valence-electron chi connectivity index (χ3n) is 3.59. The molecule has 0 bridgehead atoms. The number of carbonyl (C=O) groups excluding carboxylic acids is 1. The number of nitrogens with one attached hydrogen (secondary N) is 1. The highest BCUT2D eigenvalue weighted by Gasteiger charge is 2.14. The molecule has 2 aromatic rings. The Hall–Kier alpha value is -2.16. The standard InChI is InChI=1S/C17H20N2O/c1-12-7-8-14(3)16(10-12)18-17(20)11-19-9-5-6-13(2)15(19)4/h5-10H,11H2,1-4H3/p+1. The number of nitrogens with zero attached hydrogens (tertiary/aromatic N) is 1. The van der Waals surface area contributed by atoms with E-state index in [4.69, 9.17) is 0 Å². The van der Waals surface area contributed by atoms with Gasteiger partial charge in [-0.2, -0.15) is 4.57 Å². The maximum absolute atomic E-state index is 12.2. The van der Waals surface area contributed by atoms with E-state index in [0.717, 1.165) is 22.5 Å². The van der Waals surface area contributed by atoms with Crippen molar-refractivity contribution in [3.05, 3.63) is 58.9 Å². The Balaban J connectivity index is 2.13. The van der Waals surface area contributed by atoms with E-state index >= 15 is 0 Å². The quantitative estimate of drug-likeness (QED) is 0.854. The average Bonchev–Trinajstić information content (AvgIpc) is 2.39. The predicted molar refractivity (Wildman–Crippen MR) is 80.7 cm³/mol. The SMILES string of the molecule is Cc1ccc(C)c(NC(=O)C[n+]2cccc(C)c2C)c1. The summed E-state index contributed by atoms with van der Waals surface area (Å²) in [6.45, 7) is 8.44. The van der Waals surface area contributed by atoms with Gasteiger partial charge in [-0.3, -0.25) is 4.79 Å². The third-order valence-corrected chi connectivity index (χ3v) is 3.59. The van der Waals surface area contributed by atoms with Gasteiger partial charge in [-0.1, -0.05) is 12.1 Å². The minimum absolute atomic E-state index is 0.00241. The normalized spacial score (nSPS) is 10.4. The first-order valence-corrected chi connectivity index (χ1v) is 6.80. The summed E-state index contributed by atoms with van der Waals surface area (Å²) in [7, 11) is 0. The fourth-order valence-corrected chi connectivity index (χ4v) is 2.14. The molecule has 104 valence electrons. The maximum Gasteiger partial charge on any atom is 0.290 e. The zero-order chi connectivity index (χ0) is 14.7. The summed E-state index contributed by atoms with van der Waals surface area (Å²) >= 11 is 0. The highest BCUT2D eigenvalue weighted by molar-refractivity contribution is 5.90. The first-order valence-electron chi connectivity index (χ1n) is 6.80. The number of aryl methyl sites for hydroxylation is 3. The van der Waals surface area contributed by atoms with Gasteiger partial charge in [-0.15, -0.1) is 0 Å². The van der Waals surface area contributed by atoms with Gasteiger partial charge in [0.05, 0.1) is 0 Å². The summed E-state index contributed by atoms with van der Waals surface area (Å²) in [5.74, 6) is -0.00241. The predicted octanol–water partition coefficient (Wildman–Crippen LogP) is 2.85. The van der Waals surface area contributed by atoms with E-state index in [0.29, 0.717) is 6.54 Å². The van der Waals surface area contributed by atoms with Gasteiger partial charge >= 0.3 is 0 Å². The van der Waals surface area contributed by atoms with Gasteiger partial charge < -0.3 is 5.32 Å². The van der Waals surface area contributed by atoms with Crippen LogP contribution in [0.5, 0.6) is 0 Å². The molecule has 0 saturated carbocycles. The van der Waals surface area contributed by atoms with E-state index in [2.05, 4.69) is 18.3 Å². The van der Waals surface area contributed by atoms with Crippen molar-refractivity contribution in [3.63, 3.8) is 0 Å². The van der Waals surface area contributed by atoms with E-state index in [1.165, 1.54) is 5.56 Å². The molecular formula is C17H21N2O+. The van der Waals surface area contributed by atoms with Crippen LogP contribution in [0, 0.1) is 27.7 Å². The summed E-state index contributed by atoms with van der Waals surface area (Å²) < 4.78 is 1.97. The van der Waals surface area contributed by atoms with Crippen molar-refractivity contribution < 1.29 is 9.36 Å². The van der Waals surface area contributed by atoms with Gasteiger partial charge in [0.2, 0.25) is 6.54 Å². The number of pyridine rings is 1. The molecule has 0 atom stereocenters. The largest absolute Gasteiger partial charge is 0.320 e. The van der Waals surface area contributed by atoms with Crippen LogP contribution in [0.15, 0.2) is 36.5 Å². The number of anilines is 1. The second kappa shape index (κ2) is 5.87. The highest BCUT2D eigenvalue weighted by atomic mass is 16.1. The smallest absolute Gasteiger partial charge is 0.290 e. The Kier molecular flexibility index (Phi) is 4.18. The van der Waals surface area contributed by atoms with Gasteiger partial charge in [0.15, 0.2) is 11.9 Å². The van der Waals surface area contributed by atoms with Crippen LogP contribution >= 0.6 is 0 Å². The fourth-order valence-electron chi connectivity index (χ4n) is 2.14. The van der Waals surface area contributed by atoms with E-state index < -0.39 is 0 Å². The summed E-state index contributed by atoms with van der Waals surface area (Å²) in [4.78, 5) is 12.2. The van der Waals surface area contributed by atoms with Crippen molar-refractivity contribution in [1.82, 2.24) is 0 Å². The number of carbonyl (C=O) groups is 1. The molecule has 0 radical (unpaired) electrons. The van der Waals surface area contributed by atoms with Crippen LogP contribution in [0.4, 0.5) is 5.69 Å². The number of amides is 1. The first-order chi connectivity index (χ1) is 9.47. The summed E-state index contributed by atoms with van der Waals surface area (Å²) in [5, 5.41) is 2.99. The Morgan fingerprint density at radius 2 is 1.85 bits per heavy atom. The van der Waals surface area contributed by atoms with Gasteiger partial charge in [0.1, 0.15) is 0 Å². The van der Waals surface area contributed by atoms with Crippen LogP contribution in [0.2, 0.25) is 0 Å². The van der Waals surface area contributed by atoms with Crippen molar-refractivity contribution >= 4 is 11.6 Å². The second-order valence-electron chi connectivity index (χ2n) is 5.27. The molecule has 0 aliphatic rings. The molecule has 0 fully saturated rings. The number of rotatable bonds is 3.